The number of rotatable bonds is 6. The Labute approximate surface area is 176 Å². The molecule has 9 nitrogen and oxygen atoms in total. The number of nitrogens with one attached hydrogen (secondary N) is 1. The minimum atomic E-state index is -1.08. The fourth-order valence-corrected chi connectivity index (χ4v) is 4.12. The van der Waals surface area contributed by atoms with Crippen molar-refractivity contribution in [1.82, 2.24) is 20.1 Å². The number of carboxylic acid groups (broad SMARTS) is 1. The van der Waals surface area contributed by atoms with Gasteiger partial charge in [-0.1, -0.05) is 12.6 Å². The van der Waals surface area contributed by atoms with E-state index >= 15 is 0 Å². The van der Waals surface area contributed by atoms with Gasteiger partial charge in [0, 0.05) is 45.0 Å². The Hall–Kier alpha value is -3.10. The molecular formula is C21H29N5O4. The Bertz CT molecular complexity index is 806. The topological polar surface area (TPSA) is 106 Å². The highest BCUT2D eigenvalue weighted by atomic mass is 16.4. The van der Waals surface area contributed by atoms with E-state index in [4.69, 9.17) is 0 Å². The van der Waals surface area contributed by atoms with Crippen LogP contribution in [0, 0.1) is 12.8 Å². The lowest BCUT2D eigenvalue weighted by atomic mass is 10.0. The smallest absolute Gasteiger partial charge is 0.407 e. The SMILES string of the molecule is C=CC(=O)NCCC1CC(C(=O)N2CCN(c3cccc(C)n3)CC2)N(C(=O)O)C1. The molecule has 0 bridgehead atoms. The van der Waals surface area contributed by atoms with Crippen molar-refractivity contribution in [2.24, 2.45) is 5.92 Å². The number of carbonyl (C=O) groups is 3. The number of pyridine rings is 1. The molecule has 9 heteroatoms. The lowest BCUT2D eigenvalue weighted by Gasteiger charge is -2.37. The molecule has 0 spiro atoms. The predicted octanol–water partition coefficient (Wildman–Crippen LogP) is 1.10. The summed E-state index contributed by atoms with van der Waals surface area (Å²) in [5.74, 6) is 0.554. The van der Waals surface area contributed by atoms with Crippen LogP contribution in [-0.2, 0) is 9.59 Å². The molecule has 0 aromatic carbocycles. The number of aryl methyl sites for hydroxylation is 1. The Morgan fingerprint density at radius 2 is 2.00 bits per heavy atom. The lowest BCUT2D eigenvalue weighted by Crippen LogP contribution is -2.54. The van der Waals surface area contributed by atoms with Gasteiger partial charge in [-0.2, -0.15) is 0 Å². The molecule has 2 unspecified atom stereocenters. The zero-order valence-corrected chi connectivity index (χ0v) is 17.3. The van der Waals surface area contributed by atoms with Crippen LogP contribution in [0.5, 0.6) is 0 Å². The second kappa shape index (κ2) is 9.60. The Morgan fingerprint density at radius 3 is 2.63 bits per heavy atom. The van der Waals surface area contributed by atoms with Crippen LogP contribution in [-0.4, -0.2) is 83.1 Å². The van der Waals surface area contributed by atoms with Crippen LogP contribution in [0.4, 0.5) is 10.6 Å². The van der Waals surface area contributed by atoms with Crippen molar-refractivity contribution in [1.29, 1.82) is 0 Å². The molecule has 162 valence electrons. The van der Waals surface area contributed by atoms with Gasteiger partial charge in [-0.3, -0.25) is 14.5 Å². The van der Waals surface area contributed by atoms with E-state index in [1.165, 1.54) is 11.0 Å². The number of amides is 3. The quantitative estimate of drug-likeness (QED) is 0.674. The van der Waals surface area contributed by atoms with E-state index in [2.05, 4.69) is 21.8 Å². The van der Waals surface area contributed by atoms with Crippen LogP contribution in [0.2, 0.25) is 0 Å². The van der Waals surface area contributed by atoms with Crippen LogP contribution in [0.1, 0.15) is 18.5 Å². The maximum absolute atomic E-state index is 13.1. The zero-order chi connectivity index (χ0) is 21.7. The summed E-state index contributed by atoms with van der Waals surface area (Å²) in [4.78, 5) is 45.8. The lowest BCUT2D eigenvalue weighted by molar-refractivity contribution is -0.135. The fraction of sp³-hybridized carbons (Fsp3) is 0.524. The van der Waals surface area contributed by atoms with Gasteiger partial charge >= 0.3 is 6.09 Å². The van der Waals surface area contributed by atoms with Gasteiger partial charge in [0.15, 0.2) is 0 Å². The summed E-state index contributed by atoms with van der Waals surface area (Å²) in [5.41, 5.74) is 0.949. The number of hydrogen-bond donors (Lipinski definition) is 2. The molecule has 2 saturated heterocycles. The number of nitrogens with zero attached hydrogens (tertiary/aromatic N) is 4. The van der Waals surface area contributed by atoms with E-state index < -0.39 is 12.1 Å². The molecule has 2 atom stereocenters. The highest BCUT2D eigenvalue weighted by Gasteiger charge is 2.41. The normalized spacial score (nSPS) is 21.4. The summed E-state index contributed by atoms with van der Waals surface area (Å²) in [6.45, 7) is 8.51. The molecular weight excluding hydrogens is 386 g/mol. The average Bonchev–Trinajstić information content (AvgIpc) is 3.17. The largest absolute Gasteiger partial charge is 0.465 e. The van der Waals surface area contributed by atoms with Crippen LogP contribution in [0.3, 0.4) is 0 Å². The molecule has 2 aliphatic rings. The van der Waals surface area contributed by atoms with Gasteiger partial charge in [0.05, 0.1) is 0 Å². The molecule has 0 aliphatic carbocycles. The second-order valence-electron chi connectivity index (χ2n) is 7.79. The van der Waals surface area contributed by atoms with E-state index in [1.807, 2.05) is 25.1 Å². The van der Waals surface area contributed by atoms with Gasteiger partial charge in [-0.05, 0) is 43.9 Å². The molecule has 1 aromatic rings. The maximum Gasteiger partial charge on any atom is 0.407 e. The Kier molecular flexibility index (Phi) is 6.91. The Morgan fingerprint density at radius 1 is 1.27 bits per heavy atom. The molecule has 0 radical (unpaired) electrons. The molecule has 1 aromatic heterocycles. The van der Waals surface area contributed by atoms with Crippen LogP contribution in [0.15, 0.2) is 30.9 Å². The highest BCUT2D eigenvalue weighted by Crippen LogP contribution is 2.27. The van der Waals surface area contributed by atoms with Crippen molar-refractivity contribution in [3.8, 4) is 0 Å². The average molecular weight is 415 g/mol. The second-order valence-corrected chi connectivity index (χ2v) is 7.79. The molecule has 3 rings (SSSR count). The van der Waals surface area contributed by atoms with Crippen LogP contribution in [0.25, 0.3) is 0 Å². The van der Waals surface area contributed by atoms with Crippen molar-refractivity contribution >= 4 is 23.7 Å². The molecule has 2 N–H and O–H groups in total. The number of piperazine rings is 1. The number of aromatic nitrogens is 1. The van der Waals surface area contributed by atoms with Gasteiger partial charge < -0.3 is 20.2 Å². The van der Waals surface area contributed by atoms with E-state index in [0.717, 1.165) is 11.5 Å². The van der Waals surface area contributed by atoms with E-state index in [9.17, 15) is 19.5 Å². The van der Waals surface area contributed by atoms with Gasteiger partial charge in [0.1, 0.15) is 11.9 Å². The third-order valence-electron chi connectivity index (χ3n) is 5.74. The highest BCUT2D eigenvalue weighted by molar-refractivity contribution is 5.87. The first-order valence-electron chi connectivity index (χ1n) is 10.3. The van der Waals surface area contributed by atoms with E-state index in [0.29, 0.717) is 52.1 Å². The van der Waals surface area contributed by atoms with E-state index in [-0.39, 0.29) is 17.7 Å². The third kappa shape index (κ3) is 5.08. The van der Waals surface area contributed by atoms with Crippen LogP contribution < -0.4 is 10.2 Å². The van der Waals surface area contributed by atoms with Crippen molar-refractivity contribution in [3.05, 3.63) is 36.5 Å². The standard InChI is InChI=1S/C21H29N5O4/c1-3-19(27)22-8-7-16-13-17(26(14-16)21(29)30)20(28)25-11-9-24(10-12-25)18-6-4-5-15(2)23-18/h3-6,16-17H,1,7-14H2,2H3,(H,22,27)(H,29,30). The van der Waals surface area contributed by atoms with Gasteiger partial charge in [0.2, 0.25) is 11.8 Å². The maximum atomic E-state index is 13.1. The first-order chi connectivity index (χ1) is 14.4. The summed E-state index contributed by atoms with van der Waals surface area (Å²) in [6, 6.07) is 5.22. The number of anilines is 1. The first-order valence-corrected chi connectivity index (χ1v) is 10.3. The Balaban J connectivity index is 1.56. The molecule has 0 saturated carbocycles. The zero-order valence-electron chi connectivity index (χ0n) is 17.3. The van der Waals surface area contributed by atoms with Gasteiger partial charge in [-0.15, -0.1) is 0 Å². The molecule has 3 amide bonds. The van der Waals surface area contributed by atoms with Crippen molar-refractivity contribution in [3.63, 3.8) is 0 Å². The third-order valence-corrected chi connectivity index (χ3v) is 5.74. The van der Waals surface area contributed by atoms with Crippen molar-refractivity contribution in [2.45, 2.75) is 25.8 Å². The predicted molar refractivity (Wildman–Crippen MR) is 112 cm³/mol. The molecule has 2 fully saturated rings. The molecule has 30 heavy (non-hydrogen) atoms. The van der Waals surface area contributed by atoms with Gasteiger partial charge in [-0.25, -0.2) is 9.78 Å². The number of carbonyl (C=O) groups excluding carboxylic acids is 2. The number of hydrogen-bond acceptors (Lipinski definition) is 5. The van der Waals surface area contributed by atoms with Gasteiger partial charge in [0.25, 0.3) is 0 Å². The van der Waals surface area contributed by atoms with E-state index in [1.54, 1.807) is 4.90 Å². The summed E-state index contributed by atoms with van der Waals surface area (Å²) < 4.78 is 0. The fourth-order valence-electron chi connectivity index (χ4n) is 4.12. The molecule has 2 aliphatic heterocycles. The monoisotopic (exact) mass is 415 g/mol. The number of likely N-dealkylation sites (tertiary alicyclic amines) is 1. The first kappa shape index (κ1) is 21.6. The summed E-state index contributed by atoms with van der Waals surface area (Å²) >= 11 is 0. The summed E-state index contributed by atoms with van der Waals surface area (Å²) in [7, 11) is 0. The van der Waals surface area contributed by atoms with Crippen molar-refractivity contribution < 1.29 is 19.5 Å². The summed E-state index contributed by atoms with van der Waals surface area (Å²) in [5, 5.41) is 12.3. The van der Waals surface area contributed by atoms with Crippen molar-refractivity contribution in [2.75, 3.05) is 44.2 Å². The molecule has 3 heterocycles. The summed E-state index contributed by atoms with van der Waals surface area (Å²) in [6.07, 6.45) is 1.24. The minimum Gasteiger partial charge on any atom is -0.465 e. The van der Waals surface area contributed by atoms with Crippen LogP contribution >= 0.6 is 0 Å². The minimum absolute atomic E-state index is 0.0398.